The molecule has 1 saturated heterocycles. The first-order valence-electron chi connectivity index (χ1n) is 6.34. The van der Waals surface area contributed by atoms with Gasteiger partial charge in [-0.2, -0.15) is 0 Å². The van der Waals surface area contributed by atoms with Crippen molar-refractivity contribution >= 4 is 5.97 Å². The Bertz CT molecular complexity index is 468. The van der Waals surface area contributed by atoms with Crippen molar-refractivity contribution in [1.29, 1.82) is 0 Å². The van der Waals surface area contributed by atoms with Gasteiger partial charge in [-0.3, -0.25) is 9.69 Å². The van der Waals surface area contributed by atoms with Gasteiger partial charge < -0.3 is 15.4 Å². The first kappa shape index (κ1) is 11.7. The van der Waals surface area contributed by atoms with E-state index in [0.29, 0.717) is 19.0 Å². The van der Waals surface area contributed by atoms with E-state index in [1.807, 2.05) is 12.5 Å². The number of aromatic nitrogens is 2. The van der Waals surface area contributed by atoms with Crippen molar-refractivity contribution in [2.75, 3.05) is 13.1 Å². The van der Waals surface area contributed by atoms with Crippen LogP contribution in [-0.4, -0.2) is 44.2 Å². The van der Waals surface area contributed by atoms with Crippen LogP contribution in [0.3, 0.4) is 0 Å². The smallest absolute Gasteiger partial charge is 0.325 e. The van der Waals surface area contributed by atoms with E-state index in [1.54, 1.807) is 0 Å². The third-order valence-electron chi connectivity index (χ3n) is 3.88. The van der Waals surface area contributed by atoms with Gasteiger partial charge in [0.25, 0.3) is 0 Å². The number of hydrogen-bond acceptors (Lipinski definition) is 4. The van der Waals surface area contributed by atoms with Crippen molar-refractivity contribution in [1.82, 2.24) is 14.5 Å². The number of likely N-dealkylation sites (tertiary alicyclic amines) is 1. The Balaban J connectivity index is 1.67. The minimum atomic E-state index is -1.08. The van der Waals surface area contributed by atoms with E-state index in [9.17, 15) is 4.79 Å². The zero-order chi connectivity index (χ0) is 12.8. The van der Waals surface area contributed by atoms with Crippen molar-refractivity contribution in [2.45, 2.75) is 37.4 Å². The largest absolute Gasteiger partial charge is 0.480 e. The fourth-order valence-electron chi connectivity index (χ4n) is 2.59. The monoisotopic (exact) mass is 250 g/mol. The van der Waals surface area contributed by atoms with Crippen LogP contribution in [0.2, 0.25) is 0 Å². The molecule has 3 N–H and O–H groups in total. The molecular formula is C12H18N4O2. The Hall–Kier alpha value is -1.40. The van der Waals surface area contributed by atoms with Crippen LogP contribution in [0.1, 0.15) is 31.0 Å². The Morgan fingerprint density at radius 3 is 3.00 bits per heavy atom. The van der Waals surface area contributed by atoms with Crippen molar-refractivity contribution in [2.24, 2.45) is 5.73 Å². The van der Waals surface area contributed by atoms with E-state index in [4.69, 9.17) is 10.8 Å². The Labute approximate surface area is 105 Å². The predicted molar refractivity (Wildman–Crippen MR) is 64.9 cm³/mol. The number of imidazole rings is 1. The van der Waals surface area contributed by atoms with Crippen LogP contribution in [0.15, 0.2) is 12.5 Å². The summed E-state index contributed by atoms with van der Waals surface area (Å²) in [6.45, 7) is 1.89. The summed E-state index contributed by atoms with van der Waals surface area (Å²) in [6, 6.07) is 0.604. The van der Waals surface area contributed by atoms with Crippen molar-refractivity contribution < 1.29 is 9.90 Å². The third kappa shape index (κ3) is 2.02. The average Bonchev–Trinajstić information content (AvgIpc) is 2.95. The summed E-state index contributed by atoms with van der Waals surface area (Å²) >= 11 is 0. The fourth-order valence-corrected chi connectivity index (χ4v) is 2.59. The number of carboxylic acids is 1. The molecule has 0 amide bonds. The van der Waals surface area contributed by atoms with Gasteiger partial charge in [-0.15, -0.1) is 0 Å². The van der Waals surface area contributed by atoms with Crippen molar-refractivity contribution in [3.05, 3.63) is 18.2 Å². The highest BCUT2D eigenvalue weighted by molar-refractivity contribution is 5.79. The number of carboxylic acid groups (broad SMARTS) is 1. The van der Waals surface area contributed by atoms with Crippen molar-refractivity contribution in [3.8, 4) is 0 Å². The molecule has 1 unspecified atom stereocenters. The van der Waals surface area contributed by atoms with E-state index in [-0.39, 0.29) is 0 Å². The lowest BCUT2D eigenvalue weighted by Crippen LogP contribution is -2.50. The molecule has 1 aromatic heterocycles. The Kier molecular flexibility index (Phi) is 2.64. The first-order valence-corrected chi connectivity index (χ1v) is 6.34. The van der Waals surface area contributed by atoms with Gasteiger partial charge in [-0.1, -0.05) is 0 Å². The van der Waals surface area contributed by atoms with Gasteiger partial charge in [0.2, 0.25) is 0 Å². The minimum absolute atomic E-state index is 0.415. The molecule has 6 heteroatoms. The van der Waals surface area contributed by atoms with Crippen LogP contribution in [-0.2, 0) is 11.3 Å². The molecule has 1 aromatic rings. The lowest BCUT2D eigenvalue weighted by Gasteiger charge is -2.20. The number of nitrogens with two attached hydrogens (primary N) is 1. The summed E-state index contributed by atoms with van der Waals surface area (Å²) in [4.78, 5) is 17.4. The van der Waals surface area contributed by atoms with Crippen LogP contribution in [0.5, 0.6) is 0 Å². The third-order valence-corrected chi connectivity index (χ3v) is 3.88. The van der Waals surface area contributed by atoms with Gasteiger partial charge in [0.15, 0.2) is 0 Å². The fraction of sp³-hybridized carbons (Fsp3) is 0.667. The second kappa shape index (κ2) is 4.07. The zero-order valence-electron chi connectivity index (χ0n) is 10.2. The van der Waals surface area contributed by atoms with Gasteiger partial charge in [0.1, 0.15) is 5.54 Å². The molecular weight excluding hydrogens is 232 g/mol. The van der Waals surface area contributed by atoms with Crippen LogP contribution in [0.25, 0.3) is 0 Å². The molecule has 3 rings (SSSR count). The molecule has 0 bridgehead atoms. The summed E-state index contributed by atoms with van der Waals surface area (Å²) in [7, 11) is 0. The molecule has 1 aliphatic carbocycles. The van der Waals surface area contributed by atoms with Crippen molar-refractivity contribution in [3.63, 3.8) is 0 Å². The Morgan fingerprint density at radius 1 is 1.61 bits per heavy atom. The maximum absolute atomic E-state index is 11.1. The van der Waals surface area contributed by atoms with Gasteiger partial charge in [0.05, 0.1) is 12.0 Å². The molecule has 0 aromatic carbocycles. The van der Waals surface area contributed by atoms with E-state index < -0.39 is 11.5 Å². The Morgan fingerprint density at radius 2 is 2.39 bits per heavy atom. The quantitative estimate of drug-likeness (QED) is 0.797. The first-order chi connectivity index (χ1) is 8.58. The standard InChI is InChI=1S/C12H18N4O2/c13-12(11(17)18)3-4-15(7-12)6-10-5-14-8-16(10)9-1-2-9/h5,8-9H,1-4,6-7,13H2,(H,17,18). The van der Waals surface area contributed by atoms with Crippen LogP contribution in [0, 0.1) is 0 Å². The lowest BCUT2D eigenvalue weighted by molar-refractivity contribution is -0.142. The van der Waals surface area contributed by atoms with E-state index in [1.165, 1.54) is 12.8 Å². The molecule has 2 heterocycles. The lowest BCUT2D eigenvalue weighted by atomic mass is 10.0. The van der Waals surface area contributed by atoms with E-state index in [2.05, 4.69) is 14.5 Å². The zero-order valence-corrected chi connectivity index (χ0v) is 10.2. The van der Waals surface area contributed by atoms with Gasteiger partial charge in [-0.25, -0.2) is 4.98 Å². The SMILES string of the molecule is NC1(C(=O)O)CCN(Cc2cncn2C2CC2)C1. The average molecular weight is 250 g/mol. The van der Waals surface area contributed by atoms with Gasteiger partial charge in [-0.05, 0) is 19.3 Å². The molecule has 2 aliphatic rings. The number of rotatable bonds is 4. The molecule has 0 radical (unpaired) electrons. The summed E-state index contributed by atoms with van der Waals surface area (Å²) in [5.74, 6) is -0.902. The topological polar surface area (TPSA) is 84.4 Å². The maximum Gasteiger partial charge on any atom is 0.325 e. The molecule has 6 nitrogen and oxygen atoms in total. The minimum Gasteiger partial charge on any atom is -0.480 e. The van der Waals surface area contributed by atoms with Crippen LogP contribution in [0.4, 0.5) is 0 Å². The molecule has 1 aliphatic heterocycles. The molecule has 0 spiro atoms. The summed E-state index contributed by atoms with van der Waals surface area (Å²) < 4.78 is 2.21. The summed E-state index contributed by atoms with van der Waals surface area (Å²) in [5, 5.41) is 9.10. The highest BCUT2D eigenvalue weighted by Gasteiger charge is 2.41. The summed E-state index contributed by atoms with van der Waals surface area (Å²) in [6.07, 6.45) is 6.70. The van der Waals surface area contributed by atoms with E-state index >= 15 is 0 Å². The van der Waals surface area contributed by atoms with Gasteiger partial charge >= 0.3 is 5.97 Å². The molecule has 1 atom stereocenters. The number of nitrogens with zero attached hydrogens (tertiary/aromatic N) is 3. The second-order valence-corrected chi connectivity index (χ2v) is 5.45. The molecule has 2 fully saturated rings. The number of carbonyl (C=O) groups is 1. The number of aliphatic carboxylic acids is 1. The van der Waals surface area contributed by atoms with Gasteiger partial charge in [0, 0.05) is 31.9 Å². The molecule has 1 saturated carbocycles. The normalized spacial score (nSPS) is 28.7. The molecule has 98 valence electrons. The second-order valence-electron chi connectivity index (χ2n) is 5.45. The van der Waals surface area contributed by atoms with E-state index in [0.717, 1.165) is 18.8 Å². The highest BCUT2D eigenvalue weighted by Crippen LogP contribution is 2.36. The number of hydrogen-bond donors (Lipinski definition) is 2. The van der Waals surface area contributed by atoms with Crippen LogP contribution >= 0.6 is 0 Å². The maximum atomic E-state index is 11.1. The highest BCUT2D eigenvalue weighted by atomic mass is 16.4. The predicted octanol–water partition coefficient (Wildman–Crippen LogP) is 0.206. The molecule has 18 heavy (non-hydrogen) atoms. The summed E-state index contributed by atoms with van der Waals surface area (Å²) in [5.41, 5.74) is 5.95. The van der Waals surface area contributed by atoms with Crippen LogP contribution < -0.4 is 5.73 Å².